The predicted octanol–water partition coefficient (Wildman–Crippen LogP) is 1.98. The zero-order valence-corrected chi connectivity index (χ0v) is 17.2. The van der Waals surface area contributed by atoms with Crippen molar-refractivity contribution in [3.63, 3.8) is 0 Å². The number of nitrogens with one attached hydrogen (secondary N) is 1. The van der Waals surface area contributed by atoms with Gasteiger partial charge < -0.3 is 9.55 Å². The molecule has 4 rings (SSSR count). The van der Waals surface area contributed by atoms with Gasteiger partial charge in [-0.3, -0.25) is 18.7 Å². The molecule has 0 amide bonds. The van der Waals surface area contributed by atoms with Crippen LogP contribution in [0.3, 0.4) is 0 Å². The van der Waals surface area contributed by atoms with E-state index in [0.29, 0.717) is 28.6 Å². The Balaban J connectivity index is 1.84. The van der Waals surface area contributed by atoms with E-state index in [1.165, 1.54) is 23.4 Å². The molecule has 0 bridgehead atoms. The molecule has 4 aromatic rings. The molecule has 3 heterocycles. The number of aromatic amines is 1. The SMILES string of the molecule is CCCn1c(SCc2cc(=O)[nH]c3ccccc23)nc2c1c(=O)n(C)c(=O)n2C. The van der Waals surface area contributed by atoms with E-state index in [2.05, 4.69) is 9.97 Å². The number of hydrogen-bond acceptors (Lipinski definition) is 5. The van der Waals surface area contributed by atoms with Crippen LogP contribution in [-0.4, -0.2) is 23.7 Å². The Labute approximate surface area is 169 Å². The molecule has 0 spiro atoms. The normalized spacial score (nSPS) is 11.6. The number of H-pyrrole nitrogens is 1. The summed E-state index contributed by atoms with van der Waals surface area (Å²) >= 11 is 1.45. The van der Waals surface area contributed by atoms with Gasteiger partial charge in [0, 0.05) is 43.4 Å². The Morgan fingerprint density at radius 2 is 1.86 bits per heavy atom. The predicted molar refractivity (Wildman–Crippen MR) is 115 cm³/mol. The lowest BCUT2D eigenvalue weighted by molar-refractivity contribution is 0.632. The lowest BCUT2D eigenvalue weighted by Gasteiger charge is -2.09. The van der Waals surface area contributed by atoms with Gasteiger partial charge in [0.25, 0.3) is 5.56 Å². The standard InChI is InChI=1S/C20H21N5O3S/c1-4-9-25-16-17(23(2)20(28)24(3)18(16)27)22-19(25)29-11-12-10-15(26)21-14-8-6-5-7-13(12)14/h5-8,10H,4,9,11H2,1-3H3,(H,21,26). The largest absolute Gasteiger partial charge is 0.332 e. The maximum Gasteiger partial charge on any atom is 0.332 e. The summed E-state index contributed by atoms with van der Waals surface area (Å²) in [7, 11) is 3.09. The van der Waals surface area contributed by atoms with Gasteiger partial charge in [0.05, 0.1) is 0 Å². The molecule has 0 saturated carbocycles. The highest BCUT2D eigenvalue weighted by Crippen LogP contribution is 2.27. The molecule has 1 aromatic carbocycles. The van der Waals surface area contributed by atoms with Crippen molar-refractivity contribution in [3.8, 4) is 0 Å². The molecule has 3 aromatic heterocycles. The second-order valence-electron chi connectivity index (χ2n) is 6.92. The first-order valence-corrected chi connectivity index (χ1v) is 10.3. The minimum Gasteiger partial charge on any atom is -0.322 e. The fraction of sp³-hybridized carbons (Fsp3) is 0.300. The minimum atomic E-state index is -0.402. The first kappa shape index (κ1) is 19.3. The minimum absolute atomic E-state index is 0.155. The summed E-state index contributed by atoms with van der Waals surface area (Å²) in [6.07, 6.45) is 0.818. The fourth-order valence-electron chi connectivity index (χ4n) is 3.51. The third-order valence-corrected chi connectivity index (χ3v) is 5.98. The molecule has 0 unspecified atom stereocenters. The van der Waals surface area contributed by atoms with Crippen molar-refractivity contribution in [2.24, 2.45) is 14.1 Å². The van der Waals surface area contributed by atoms with Gasteiger partial charge in [0.15, 0.2) is 16.3 Å². The van der Waals surface area contributed by atoms with Crippen LogP contribution in [0.2, 0.25) is 0 Å². The molecular weight excluding hydrogens is 390 g/mol. The number of para-hydroxylation sites is 1. The molecule has 0 aliphatic carbocycles. The summed E-state index contributed by atoms with van der Waals surface area (Å²) < 4.78 is 4.38. The molecule has 0 saturated heterocycles. The van der Waals surface area contributed by atoms with Crippen molar-refractivity contribution < 1.29 is 0 Å². The highest BCUT2D eigenvalue weighted by molar-refractivity contribution is 7.98. The van der Waals surface area contributed by atoms with Gasteiger partial charge in [-0.1, -0.05) is 36.9 Å². The Morgan fingerprint density at radius 1 is 1.10 bits per heavy atom. The maximum atomic E-state index is 12.7. The summed E-state index contributed by atoms with van der Waals surface area (Å²) in [5, 5.41) is 1.63. The summed E-state index contributed by atoms with van der Waals surface area (Å²) in [5.41, 5.74) is 1.58. The van der Waals surface area contributed by atoms with Crippen LogP contribution in [0.1, 0.15) is 18.9 Å². The Bertz CT molecular complexity index is 1410. The summed E-state index contributed by atoms with van der Waals surface area (Å²) in [6, 6.07) is 9.25. The fourth-order valence-corrected chi connectivity index (χ4v) is 4.52. The van der Waals surface area contributed by atoms with E-state index in [1.54, 1.807) is 13.1 Å². The van der Waals surface area contributed by atoms with Crippen LogP contribution in [0.4, 0.5) is 0 Å². The molecule has 150 valence electrons. The molecule has 0 aliphatic rings. The number of benzene rings is 1. The number of pyridine rings is 1. The Kier molecular flexibility index (Phi) is 4.91. The molecule has 0 radical (unpaired) electrons. The molecular formula is C20H21N5O3S. The number of rotatable bonds is 5. The summed E-state index contributed by atoms with van der Waals surface area (Å²) in [5.74, 6) is 0.520. The van der Waals surface area contributed by atoms with E-state index in [0.717, 1.165) is 27.5 Å². The van der Waals surface area contributed by atoms with Crippen LogP contribution in [0.15, 0.2) is 49.9 Å². The van der Waals surface area contributed by atoms with Crippen LogP contribution in [0.5, 0.6) is 0 Å². The highest BCUT2D eigenvalue weighted by Gasteiger charge is 2.19. The lowest BCUT2D eigenvalue weighted by atomic mass is 10.1. The van der Waals surface area contributed by atoms with Crippen molar-refractivity contribution in [3.05, 3.63) is 67.1 Å². The van der Waals surface area contributed by atoms with Gasteiger partial charge in [0.2, 0.25) is 5.56 Å². The van der Waals surface area contributed by atoms with E-state index >= 15 is 0 Å². The number of thioether (sulfide) groups is 1. The third kappa shape index (κ3) is 3.21. The molecule has 9 heteroatoms. The second-order valence-corrected chi connectivity index (χ2v) is 7.86. The number of imidazole rings is 1. The number of nitrogens with zero attached hydrogens (tertiary/aromatic N) is 4. The average molecular weight is 411 g/mol. The first-order valence-electron chi connectivity index (χ1n) is 9.32. The summed E-state index contributed by atoms with van der Waals surface area (Å²) in [4.78, 5) is 44.5. The average Bonchev–Trinajstić information content (AvgIpc) is 3.07. The molecule has 29 heavy (non-hydrogen) atoms. The zero-order valence-electron chi connectivity index (χ0n) is 16.4. The number of hydrogen-bond donors (Lipinski definition) is 1. The topological polar surface area (TPSA) is 94.7 Å². The van der Waals surface area contributed by atoms with Gasteiger partial charge in [-0.15, -0.1) is 0 Å². The Hall–Kier alpha value is -3.07. The highest BCUT2D eigenvalue weighted by atomic mass is 32.2. The van der Waals surface area contributed by atoms with Gasteiger partial charge in [-0.05, 0) is 18.1 Å². The van der Waals surface area contributed by atoms with Crippen LogP contribution >= 0.6 is 11.8 Å². The quantitative estimate of drug-likeness (QED) is 0.507. The monoisotopic (exact) mass is 411 g/mol. The van der Waals surface area contributed by atoms with Gasteiger partial charge in [0.1, 0.15) is 0 Å². The molecule has 0 aliphatic heterocycles. The zero-order chi connectivity index (χ0) is 20.7. The van der Waals surface area contributed by atoms with E-state index in [4.69, 9.17) is 0 Å². The number of fused-ring (bicyclic) bond motifs is 2. The van der Waals surface area contributed by atoms with Crippen molar-refractivity contribution in [2.45, 2.75) is 30.8 Å². The van der Waals surface area contributed by atoms with Crippen molar-refractivity contribution >= 4 is 33.8 Å². The molecule has 1 N–H and O–H groups in total. The van der Waals surface area contributed by atoms with Crippen molar-refractivity contribution in [1.29, 1.82) is 0 Å². The number of aromatic nitrogens is 5. The van der Waals surface area contributed by atoms with E-state index < -0.39 is 5.69 Å². The smallest absolute Gasteiger partial charge is 0.322 e. The van der Waals surface area contributed by atoms with E-state index in [9.17, 15) is 14.4 Å². The van der Waals surface area contributed by atoms with Gasteiger partial charge >= 0.3 is 5.69 Å². The van der Waals surface area contributed by atoms with Crippen LogP contribution in [0, 0.1) is 0 Å². The lowest BCUT2D eigenvalue weighted by Crippen LogP contribution is -2.37. The van der Waals surface area contributed by atoms with E-state index in [1.807, 2.05) is 35.8 Å². The summed E-state index contributed by atoms with van der Waals surface area (Å²) in [6.45, 7) is 2.64. The van der Waals surface area contributed by atoms with Crippen molar-refractivity contribution in [2.75, 3.05) is 0 Å². The first-order chi connectivity index (χ1) is 13.9. The van der Waals surface area contributed by atoms with Gasteiger partial charge in [-0.25, -0.2) is 9.78 Å². The Morgan fingerprint density at radius 3 is 2.62 bits per heavy atom. The van der Waals surface area contributed by atoms with Crippen LogP contribution in [0.25, 0.3) is 22.1 Å². The third-order valence-electron chi connectivity index (χ3n) is 4.95. The molecule has 8 nitrogen and oxygen atoms in total. The van der Waals surface area contributed by atoms with Gasteiger partial charge in [-0.2, -0.15) is 0 Å². The van der Waals surface area contributed by atoms with Crippen LogP contribution in [-0.2, 0) is 26.4 Å². The van der Waals surface area contributed by atoms with Crippen molar-refractivity contribution in [1.82, 2.24) is 23.7 Å². The van der Waals surface area contributed by atoms with E-state index in [-0.39, 0.29) is 11.1 Å². The number of aryl methyl sites for hydroxylation is 2. The molecule has 0 atom stereocenters. The second kappa shape index (κ2) is 7.40. The van der Waals surface area contributed by atoms with Crippen LogP contribution < -0.4 is 16.8 Å². The molecule has 0 fully saturated rings. The maximum absolute atomic E-state index is 12.7.